The molecule has 16 heavy (non-hydrogen) atoms. The second-order valence-electron chi connectivity index (χ2n) is 2.49. The van der Waals surface area contributed by atoms with Crippen LogP contribution in [0.25, 0.3) is 0 Å². The van der Waals surface area contributed by atoms with E-state index in [1.165, 1.54) is 0 Å². The molecule has 0 aliphatic carbocycles. The first-order valence-electron chi connectivity index (χ1n) is 4.23. The summed E-state index contributed by atoms with van der Waals surface area (Å²) in [4.78, 5) is 42.8. The van der Waals surface area contributed by atoms with Crippen molar-refractivity contribution < 1.29 is 28.7 Å². The van der Waals surface area contributed by atoms with Crippen molar-refractivity contribution in [2.45, 2.75) is 12.8 Å². The Kier molecular flexibility index (Phi) is 6.11. The third kappa shape index (κ3) is 6.25. The molecule has 0 spiro atoms. The minimum atomic E-state index is -0.902. The van der Waals surface area contributed by atoms with E-state index in [4.69, 9.17) is 0 Å². The number of hydrogen-bond donors (Lipinski definition) is 0. The summed E-state index contributed by atoms with van der Waals surface area (Å²) in [6, 6.07) is 0. The molecule has 0 unspecified atom stereocenters. The number of rotatable bonds is 5. The van der Waals surface area contributed by atoms with Crippen LogP contribution in [-0.4, -0.2) is 23.9 Å². The van der Waals surface area contributed by atoms with Gasteiger partial charge in [0.15, 0.2) is 0 Å². The van der Waals surface area contributed by atoms with Crippen LogP contribution in [0, 0.1) is 0 Å². The van der Waals surface area contributed by atoms with Gasteiger partial charge in [-0.1, -0.05) is 13.2 Å². The molecule has 0 fully saturated rings. The fraction of sp³-hybridized carbons (Fsp3) is 0.200. The zero-order chi connectivity index (χ0) is 12.6. The van der Waals surface area contributed by atoms with Crippen molar-refractivity contribution in [2.75, 3.05) is 0 Å². The fourth-order valence-corrected chi connectivity index (χ4v) is 0.614. The molecule has 6 nitrogen and oxygen atoms in total. The highest BCUT2D eigenvalue weighted by molar-refractivity contribution is 5.94. The van der Waals surface area contributed by atoms with Crippen molar-refractivity contribution in [3.05, 3.63) is 25.3 Å². The van der Waals surface area contributed by atoms with Crippen molar-refractivity contribution >= 4 is 23.9 Å². The van der Waals surface area contributed by atoms with Crippen molar-refractivity contribution in [3.63, 3.8) is 0 Å². The van der Waals surface area contributed by atoms with E-state index in [0.717, 1.165) is 12.2 Å². The molecule has 0 saturated carbocycles. The maximum atomic E-state index is 10.9. The van der Waals surface area contributed by atoms with Crippen LogP contribution in [0.1, 0.15) is 12.8 Å². The molecule has 0 heterocycles. The average Bonchev–Trinajstić information content (AvgIpc) is 2.26. The predicted molar refractivity (Wildman–Crippen MR) is 51.8 cm³/mol. The molecule has 0 saturated heterocycles. The summed E-state index contributed by atoms with van der Waals surface area (Å²) >= 11 is 0. The van der Waals surface area contributed by atoms with E-state index in [-0.39, 0.29) is 12.8 Å². The fourth-order valence-electron chi connectivity index (χ4n) is 0.614. The smallest absolute Gasteiger partial charge is 0.337 e. The second-order valence-corrected chi connectivity index (χ2v) is 2.49. The van der Waals surface area contributed by atoms with Crippen LogP contribution in [-0.2, 0) is 28.7 Å². The largest absolute Gasteiger partial charge is 0.390 e. The minimum Gasteiger partial charge on any atom is -0.390 e. The van der Waals surface area contributed by atoms with Crippen LogP contribution >= 0.6 is 0 Å². The van der Waals surface area contributed by atoms with Gasteiger partial charge >= 0.3 is 23.9 Å². The Bertz CT molecular complexity index is 307. The summed E-state index contributed by atoms with van der Waals surface area (Å²) in [5.74, 6) is -3.60. The SMILES string of the molecule is C=CC(=O)OC(=O)CCC(=O)OC(=O)C=C. The molecule has 0 aromatic carbocycles. The van der Waals surface area contributed by atoms with E-state index in [1.54, 1.807) is 0 Å². The summed E-state index contributed by atoms with van der Waals surface area (Å²) in [7, 11) is 0. The third-order valence-electron chi connectivity index (χ3n) is 1.30. The lowest BCUT2D eigenvalue weighted by atomic mass is 10.3. The normalized spacial score (nSPS) is 8.75. The van der Waals surface area contributed by atoms with Gasteiger partial charge in [-0.05, 0) is 0 Å². The number of esters is 4. The molecule has 0 aliphatic heterocycles. The van der Waals surface area contributed by atoms with Crippen LogP contribution in [0.5, 0.6) is 0 Å². The molecule has 0 bridgehead atoms. The molecule has 0 atom stereocenters. The predicted octanol–water partition coefficient (Wildman–Crippen LogP) is 0.278. The van der Waals surface area contributed by atoms with Crippen LogP contribution in [0.2, 0.25) is 0 Å². The molecule has 6 heteroatoms. The Morgan fingerprint density at radius 2 is 1.12 bits per heavy atom. The van der Waals surface area contributed by atoms with E-state index in [2.05, 4.69) is 22.6 Å². The Morgan fingerprint density at radius 3 is 1.38 bits per heavy atom. The highest BCUT2D eigenvalue weighted by atomic mass is 16.6. The van der Waals surface area contributed by atoms with Gasteiger partial charge in [-0.3, -0.25) is 9.59 Å². The first-order valence-corrected chi connectivity index (χ1v) is 4.23. The van der Waals surface area contributed by atoms with E-state index in [1.807, 2.05) is 0 Å². The number of ether oxygens (including phenoxy) is 2. The Balaban J connectivity index is 3.88. The topological polar surface area (TPSA) is 86.7 Å². The maximum absolute atomic E-state index is 10.9. The molecule has 0 rings (SSSR count). The summed E-state index contributed by atoms with van der Waals surface area (Å²) in [5, 5.41) is 0. The summed E-state index contributed by atoms with van der Waals surface area (Å²) in [6.45, 7) is 6.17. The molecular formula is C10H10O6. The van der Waals surface area contributed by atoms with Gasteiger partial charge in [0, 0.05) is 12.2 Å². The molecule has 86 valence electrons. The zero-order valence-electron chi connectivity index (χ0n) is 8.43. The van der Waals surface area contributed by atoms with Crippen LogP contribution in [0.4, 0.5) is 0 Å². The van der Waals surface area contributed by atoms with E-state index in [0.29, 0.717) is 0 Å². The number of carbonyl (C=O) groups excluding carboxylic acids is 4. The lowest BCUT2D eigenvalue weighted by Crippen LogP contribution is -2.14. The highest BCUT2D eigenvalue weighted by Gasteiger charge is 2.13. The third-order valence-corrected chi connectivity index (χ3v) is 1.30. The summed E-state index contributed by atoms with van der Waals surface area (Å²) in [6.07, 6.45) is 0.917. The molecule has 0 aromatic rings. The lowest BCUT2D eigenvalue weighted by molar-refractivity contribution is -0.161. The van der Waals surface area contributed by atoms with Crippen molar-refractivity contribution in [3.8, 4) is 0 Å². The molecule has 0 amide bonds. The van der Waals surface area contributed by atoms with Crippen LogP contribution in [0.15, 0.2) is 25.3 Å². The minimum absolute atomic E-state index is 0.358. The number of hydrogen-bond acceptors (Lipinski definition) is 6. The zero-order valence-corrected chi connectivity index (χ0v) is 8.43. The molecule has 0 aromatic heterocycles. The van der Waals surface area contributed by atoms with Gasteiger partial charge in [0.1, 0.15) is 0 Å². The molecular weight excluding hydrogens is 216 g/mol. The lowest BCUT2D eigenvalue weighted by Gasteiger charge is -2.00. The van der Waals surface area contributed by atoms with Gasteiger partial charge in [0.2, 0.25) is 0 Å². The first-order chi connectivity index (χ1) is 7.49. The van der Waals surface area contributed by atoms with E-state index >= 15 is 0 Å². The monoisotopic (exact) mass is 226 g/mol. The Morgan fingerprint density at radius 1 is 0.812 bits per heavy atom. The van der Waals surface area contributed by atoms with Gasteiger partial charge < -0.3 is 9.47 Å². The first kappa shape index (κ1) is 13.8. The van der Waals surface area contributed by atoms with Gasteiger partial charge in [0.05, 0.1) is 12.8 Å². The average molecular weight is 226 g/mol. The number of carbonyl (C=O) groups is 4. The quantitative estimate of drug-likeness (QED) is 0.380. The Labute approximate surface area is 91.5 Å². The van der Waals surface area contributed by atoms with Gasteiger partial charge in [-0.2, -0.15) is 0 Å². The molecule has 0 N–H and O–H groups in total. The van der Waals surface area contributed by atoms with Crippen LogP contribution in [0.3, 0.4) is 0 Å². The Hall–Kier alpha value is -2.24. The van der Waals surface area contributed by atoms with Crippen molar-refractivity contribution in [2.24, 2.45) is 0 Å². The molecule has 0 aliphatic rings. The van der Waals surface area contributed by atoms with Gasteiger partial charge in [0.25, 0.3) is 0 Å². The van der Waals surface area contributed by atoms with E-state index in [9.17, 15) is 19.2 Å². The van der Waals surface area contributed by atoms with Gasteiger partial charge in [-0.25, -0.2) is 9.59 Å². The summed E-state index contributed by atoms with van der Waals surface area (Å²) in [5.41, 5.74) is 0. The van der Waals surface area contributed by atoms with Crippen molar-refractivity contribution in [1.82, 2.24) is 0 Å². The standard InChI is InChI=1S/C10H10O6/c1-3-7(11)15-9(13)5-6-10(14)16-8(12)4-2/h3-4H,1-2,5-6H2. The highest BCUT2D eigenvalue weighted by Crippen LogP contribution is 1.97. The van der Waals surface area contributed by atoms with Crippen molar-refractivity contribution in [1.29, 1.82) is 0 Å². The van der Waals surface area contributed by atoms with Crippen LogP contribution < -0.4 is 0 Å². The molecule has 0 radical (unpaired) electrons. The maximum Gasteiger partial charge on any atom is 0.337 e. The van der Waals surface area contributed by atoms with E-state index < -0.39 is 23.9 Å². The van der Waals surface area contributed by atoms with Gasteiger partial charge in [-0.15, -0.1) is 0 Å². The second kappa shape index (κ2) is 7.10. The summed E-state index contributed by atoms with van der Waals surface area (Å²) < 4.78 is 8.34.